The molecule has 1 fully saturated rings. The van der Waals surface area contributed by atoms with Gasteiger partial charge < -0.3 is 9.64 Å². The van der Waals surface area contributed by atoms with Gasteiger partial charge in [-0.2, -0.15) is 0 Å². The second-order valence-corrected chi connectivity index (χ2v) is 4.74. The maximum atomic E-state index is 12.4. The van der Waals surface area contributed by atoms with E-state index >= 15 is 0 Å². The van der Waals surface area contributed by atoms with E-state index in [2.05, 4.69) is 13.2 Å². The molecule has 106 valence electrons. The van der Waals surface area contributed by atoms with E-state index in [9.17, 15) is 9.59 Å². The van der Waals surface area contributed by atoms with Crippen LogP contribution >= 0.6 is 0 Å². The van der Waals surface area contributed by atoms with Crippen LogP contribution in [0.25, 0.3) is 0 Å². The highest BCUT2D eigenvalue weighted by Crippen LogP contribution is 2.33. The van der Waals surface area contributed by atoms with Gasteiger partial charge in [0.1, 0.15) is 5.54 Å². The second-order valence-electron chi connectivity index (χ2n) is 4.74. The lowest BCUT2D eigenvalue weighted by molar-refractivity contribution is -0.163. The highest BCUT2D eigenvalue weighted by molar-refractivity contribution is 5.89. The van der Waals surface area contributed by atoms with Crippen LogP contribution in [0.3, 0.4) is 0 Å². The van der Waals surface area contributed by atoms with Crippen LogP contribution in [0, 0.1) is 0 Å². The van der Waals surface area contributed by atoms with Gasteiger partial charge in [0.25, 0.3) is 0 Å². The van der Waals surface area contributed by atoms with Gasteiger partial charge in [-0.15, -0.1) is 13.2 Å². The minimum Gasteiger partial charge on any atom is -0.464 e. The Morgan fingerprint density at radius 1 is 1.42 bits per heavy atom. The monoisotopic (exact) mass is 265 g/mol. The molecule has 0 aromatic heterocycles. The molecule has 0 aromatic rings. The molecule has 0 radical (unpaired) electrons. The Kier molecular flexibility index (Phi) is 5.80. The van der Waals surface area contributed by atoms with Crippen LogP contribution in [-0.2, 0) is 14.3 Å². The van der Waals surface area contributed by atoms with E-state index in [1.807, 2.05) is 0 Å². The molecule has 1 aliphatic heterocycles. The zero-order chi connectivity index (χ0) is 14.3. The number of hydrogen-bond donors (Lipinski definition) is 0. The summed E-state index contributed by atoms with van der Waals surface area (Å²) in [6.07, 6.45) is 6.51. The van der Waals surface area contributed by atoms with Crippen LogP contribution in [-0.4, -0.2) is 35.5 Å². The predicted molar refractivity (Wildman–Crippen MR) is 74.6 cm³/mol. The van der Waals surface area contributed by atoms with E-state index in [0.717, 1.165) is 12.8 Å². The Bertz CT molecular complexity index is 364. The van der Waals surface area contributed by atoms with Gasteiger partial charge >= 0.3 is 5.97 Å². The lowest BCUT2D eigenvalue weighted by Gasteiger charge is -2.39. The number of nitrogens with zero attached hydrogens (tertiary/aromatic N) is 1. The molecule has 1 aliphatic rings. The number of amides is 1. The van der Waals surface area contributed by atoms with Gasteiger partial charge in [-0.1, -0.05) is 12.2 Å². The highest BCUT2D eigenvalue weighted by Gasteiger charge is 2.46. The first-order chi connectivity index (χ1) is 9.12. The van der Waals surface area contributed by atoms with Gasteiger partial charge in [0.15, 0.2) is 0 Å². The number of hydrogen-bond acceptors (Lipinski definition) is 3. The zero-order valence-electron chi connectivity index (χ0n) is 11.7. The molecule has 0 saturated carbocycles. The number of rotatable bonds is 6. The summed E-state index contributed by atoms with van der Waals surface area (Å²) in [5, 5.41) is 0. The van der Waals surface area contributed by atoms with E-state index in [1.165, 1.54) is 0 Å². The van der Waals surface area contributed by atoms with Crippen molar-refractivity contribution in [3.05, 3.63) is 25.3 Å². The van der Waals surface area contributed by atoms with Crippen LogP contribution < -0.4 is 0 Å². The smallest absolute Gasteiger partial charge is 0.332 e. The standard InChI is InChI=1S/C15H23NO3/c1-4-10-15(14(18)19-6-3)11-8-7-9-13(17)16(15)12-5-2/h4-5H,1-2,6-12H2,3H3/t15-/m1/s1. The van der Waals surface area contributed by atoms with E-state index in [-0.39, 0.29) is 11.9 Å². The van der Waals surface area contributed by atoms with E-state index in [0.29, 0.717) is 32.4 Å². The first-order valence-corrected chi connectivity index (χ1v) is 6.82. The van der Waals surface area contributed by atoms with Crippen molar-refractivity contribution in [1.29, 1.82) is 0 Å². The predicted octanol–water partition coefficient (Wildman–Crippen LogP) is 2.45. The van der Waals surface area contributed by atoms with E-state index < -0.39 is 5.54 Å². The van der Waals surface area contributed by atoms with Gasteiger partial charge in [0.05, 0.1) is 6.61 Å². The second kappa shape index (κ2) is 7.12. The molecule has 1 heterocycles. The first kappa shape index (κ1) is 15.5. The molecule has 0 spiro atoms. The molecule has 0 bridgehead atoms. The largest absolute Gasteiger partial charge is 0.464 e. The van der Waals surface area contributed by atoms with Crippen LogP contribution in [0.4, 0.5) is 0 Å². The number of carbonyl (C=O) groups excluding carboxylic acids is 2. The molecule has 0 unspecified atom stereocenters. The summed E-state index contributed by atoms with van der Waals surface area (Å²) >= 11 is 0. The van der Waals surface area contributed by atoms with Crippen LogP contribution in [0.1, 0.15) is 39.0 Å². The van der Waals surface area contributed by atoms with E-state index in [4.69, 9.17) is 4.74 Å². The van der Waals surface area contributed by atoms with Crippen molar-refractivity contribution in [2.24, 2.45) is 0 Å². The molecule has 4 nitrogen and oxygen atoms in total. The minimum absolute atomic E-state index is 0.00713. The molecule has 1 saturated heterocycles. The van der Waals surface area contributed by atoms with Gasteiger partial charge in [0, 0.05) is 13.0 Å². The third-order valence-electron chi connectivity index (χ3n) is 3.50. The van der Waals surface area contributed by atoms with Crippen LogP contribution in [0.5, 0.6) is 0 Å². The van der Waals surface area contributed by atoms with Crippen molar-refractivity contribution in [2.75, 3.05) is 13.2 Å². The molecule has 0 aliphatic carbocycles. The van der Waals surface area contributed by atoms with Crippen LogP contribution in [0.2, 0.25) is 0 Å². The number of ether oxygens (including phenoxy) is 1. The summed E-state index contributed by atoms with van der Waals surface area (Å²) in [7, 11) is 0. The quantitative estimate of drug-likeness (QED) is 0.547. The number of carbonyl (C=O) groups is 2. The Morgan fingerprint density at radius 2 is 2.16 bits per heavy atom. The zero-order valence-corrected chi connectivity index (χ0v) is 11.7. The van der Waals surface area contributed by atoms with Gasteiger partial charge in [0.2, 0.25) is 5.91 Å². The molecule has 0 N–H and O–H groups in total. The first-order valence-electron chi connectivity index (χ1n) is 6.82. The molecule has 19 heavy (non-hydrogen) atoms. The molecular weight excluding hydrogens is 242 g/mol. The molecule has 4 heteroatoms. The number of likely N-dealkylation sites (tertiary alicyclic amines) is 1. The Hall–Kier alpha value is -1.58. The molecule has 1 amide bonds. The van der Waals surface area contributed by atoms with Crippen molar-refractivity contribution in [2.45, 2.75) is 44.6 Å². The fourth-order valence-corrected chi connectivity index (χ4v) is 2.62. The topological polar surface area (TPSA) is 46.6 Å². The summed E-state index contributed by atoms with van der Waals surface area (Å²) in [5.41, 5.74) is -0.903. The third-order valence-corrected chi connectivity index (χ3v) is 3.50. The van der Waals surface area contributed by atoms with Gasteiger partial charge in [-0.05, 0) is 32.6 Å². The summed E-state index contributed by atoms with van der Waals surface area (Å²) < 4.78 is 5.20. The minimum atomic E-state index is -0.903. The van der Waals surface area contributed by atoms with Crippen molar-refractivity contribution >= 4 is 11.9 Å². The molecular formula is C15H23NO3. The maximum Gasteiger partial charge on any atom is 0.332 e. The maximum absolute atomic E-state index is 12.4. The number of esters is 1. The Morgan fingerprint density at radius 3 is 2.74 bits per heavy atom. The molecule has 1 atom stereocenters. The fourth-order valence-electron chi connectivity index (χ4n) is 2.62. The Labute approximate surface area is 115 Å². The average molecular weight is 265 g/mol. The summed E-state index contributed by atoms with van der Waals surface area (Å²) in [6, 6.07) is 0. The normalized spacial score (nSPS) is 23.6. The van der Waals surface area contributed by atoms with Crippen molar-refractivity contribution in [3.63, 3.8) is 0 Å². The average Bonchev–Trinajstić information content (AvgIpc) is 2.53. The summed E-state index contributed by atoms with van der Waals surface area (Å²) in [4.78, 5) is 26.3. The van der Waals surface area contributed by atoms with Gasteiger partial charge in [-0.25, -0.2) is 4.79 Å². The third kappa shape index (κ3) is 3.25. The van der Waals surface area contributed by atoms with Crippen molar-refractivity contribution < 1.29 is 14.3 Å². The lowest BCUT2D eigenvalue weighted by atomic mass is 9.88. The fraction of sp³-hybridized carbons (Fsp3) is 0.600. The van der Waals surface area contributed by atoms with Crippen molar-refractivity contribution in [1.82, 2.24) is 4.90 Å². The molecule has 0 aromatic carbocycles. The Balaban J connectivity index is 3.18. The van der Waals surface area contributed by atoms with E-state index in [1.54, 1.807) is 24.0 Å². The molecule has 1 rings (SSSR count). The summed E-state index contributed by atoms with van der Waals surface area (Å²) in [5.74, 6) is -0.334. The van der Waals surface area contributed by atoms with Gasteiger partial charge in [-0.3, -0.25) is 4.79 Å². The highest BCUT2D eigenvalue weighted by atomic mass is 16.5. The summed E-state index contributed by atoms with van der Waals surface area (Å²) in [6.45, 7) is 9.85. The van der Waals surface area contributed by atoms with Crippen LogP contribution in [0.15, 0.2) is 25.3 Å². The van der Waals surface area contributed by atoms with Crippen molar-refractivity contribution in [3.8, 4) is 0 Å². The lowest BCUT2D eigenvalue weighted by Crippen LogP contribution is -2.56. The SMILES string of the molecule is C=CCN1C(=O)CCCC[C@]1(CC=C)C(=O)OCC.